The van der Waals surface area contributed by atoms with Gasteiger partial charge in [0.05, 0.1) is 16.5 Å². The number of nitro benzene ring substituents is 1. The van der Waals surface area contributed by atoms with E-state index >= 15 is 0 Å². The number of rotatable bonds is 4. The minimum atomic E-state index is -0.521. The summed E-state index contributed by atoms with van der Waals surface area (Å²) >= 11 is 4.74. The highest BCUT2D eigenvalue weighted by molar-refractivity contribution is 9.10. The van der Waals surface area contributed by atoms with E-state index in [1.807, 2.05) is 26.0 Å². The van der Waals surface area contributed by atoms with Crippen molar-refractivity contribution in [3.05, 3.63) is 60.2 Å². The molecule has 0 aliphatic carbocycles. The second-order valence-electron chi connectivity index (χ2n) is 4.54. The van der Waals surface area contributed by atoms with E-state index in [0.29, 0.717) is 0 Å². The Morgan fingerprint density at radius 2 is 2.10 bits per heavy atom. The first kappa shape index (κ1) is 15.7. The zero-order valence-corrected chi connectivity index (χ0v) is 13.8. The summed E-state index contributed by atoms with van der Waals surface area (Å²) in [4.78, 5) is 24.9. The third-order valence-corrected chi connectivity index (χ3v) is 4.97. The average molecular weight is 369 g/mol. The van der Waals surface area contributed by atoms with Gasteiger partial charge in [-0.1, -0.05) is 6.07 Å². The van der Waals surface area contributed by atoms with Crippen LogP contribution in [-0.2, 0) is 0 Å². The van der Waals surface area contributed by atoms with Gasteiger partial charge < -0.3 is 5.32 Å². The molecule has 1 aromatic heterocycles. The van der Waals surface area contributed by atoms with Gasteiger partial charge in [0.1, 0.15) is 4.47 Å². The fourth-order valence-corrected chi connectivity index (χ4v) is 3.34. The second kappa shape index (κ2) is 6.36. The molecule has 110 valence electrons. The molecule has 2 rings (SSSR count). The molecule has 1 heterocycles. The van der Waals surface area contributed by atoms with E-state index in [1.54, 1.807) is 17.4 Å². The lowest BCUT2D eigenvalue weighted by atomic mass is 10.1. The van der Waals surface area contributed by atoms with Gasteiger partial charge in [-0.05, 0) is 48.0 Å². The van der Waals surface area contributed by atoms with E-state index in [4.69, 9.17) is 0 Å². The monoisotopic (exact) mass is 368 g/mol. The van der Waals surface area contributed by atoms with Gasteiger partial charge in [-0.2, -0.15) is 0 Å². The van der Waals surface area contributed by atoms with Gasteiger partial charge in [-0.3, -0.25) is 14.9 Å². The number of hydrogen-bond donors (Lipinski definition) is 1. The van der Waals surface area contributed by atoms with E-state index in [-0.39, 0.29) is 27.7 Å². The number of halogens is 1. The Hall–Kier alpha value is -1.73. The Labute approximate surface area is 134 Å². The van der Waals surface area contributed by atoms with Crippen LogP contribution in [0, 0.1) is 17.0 Å². The first-order valence-electron chi connectivity index (χ1n) is 6.20. The summed E-state index contributed by atoms with van der Waals surface area (Å²) in [7, 11) is 0. The zero-order chi connectivity index (χ0) is 15.6. The summed E-state index contributed by atoms with van der Waals surface area (Å²) < 4.78 is 0.196. The van der Waals surface area contributed by atoms with Crippen LogP contribution in [0.3, 0.4) is 0 Å². The number of aryl methyl sites for hydroxylation is 1. The second-order valence-corrected chi connectivity index (χ2v) is 6.65. The van der Waals surface area contributed by atoms with Crippen LogP contribution in [0.15, 0.2) is 34.8 Å². The molecule has 0 fully saturated rings. The van der Waals surface area contributed by atoms with E-state index in [9.17, 15) is 14.9 Å². The summed E-state index contributed by atoms with van der Waals surface area (Å²) in [6.45, 7) is 3.88. The highest BCUT2D eigenvalue weighted by Crippen LogP contribution is 2.29. The molecule has 1 unspecified atom stereocenters. The number of nitrogens with zero attached hydrogens (tertiary/aromatic N) is 1. The summed E-state index contributed by atoms with van der Waals surface area (Å²) in [6.07, 6.45) is 0. The molecule has 2 aromatic rings. The lowest BCUT2D eigenvalue weighted by Crippen LogP contribution is -2.26. The van der Waals surface area contributed by atoms with Crippen LogP contribution in [0.2, 0.25) is 0 Å². The van der Waals surface area contributed by atoms with Gasteiger partial charge in [0.25, 0.3) is 11.6 Å². The topological polar surface area (TPSA) is 72.2 Å². The maximum atomic E-state index is 12.3. The maximum Gasteiger partial charge on any atom is 0.284 e. The number of benzene rings is 1. The third kappa shape index (κ3) is 3.48. The largest absolute Gasteiger partial charge is 0.345 e. The van der Waals surface area contributed by atoms with Crippen molar-refractivity contribution in [2.75, 3.05) is 0 Å². The molecule has 0 saturated carbocycles. The van der Waals surface area contributed by atoms with Crippen LogP contribution in [0.25, 0.3) is 0 Å². The molecule has 21 heavy (non-hydrogen) atoms. The highest BCUT2D eigenvalue weighted by Gasteiger charge is 2.21. The molecule has 1 amide bonds. The molecule has 5 nitrogen and oxygen atoms in total. The van der Waals surface area contributed by atoms with Crippen LogP contribution < -0.4 is 5.32 Å². The van der Waals surface area contributed by atoms with Crippen molar-refractivity contribution >= 4 is 38.9 Å². The first-order chi connectivity index (χ1) is 9.90. The van der Waals surface area contributed by atoms with Crippen LogP contribution >= 0.6 is 27.3 Å². The molecular formula is C14H13BrN2O3S. The molecule has 7 heteroatoms. The standard InChI is InChI=1S/C14H13BrN2O3S/c1-8-6-7-12(21-8)9(2)16-14(18)10-4-3-5-11(13(10)15)17(19)20/h3-7,9H,1-2H3,(H,16,18). The molecule has 0 spiro atoms. The predicted molar refractivity (Wildman–Crippen MR) is 85.7 cm³/mol. The number of nitro groups is 1. The van der Waals surface area contributed by atoms with Crippen molar-refractivity contribution in [1.29, 1.82) is 0 Å². The van der Waals surface area contributed by atoms with E-state index < -0.39 is 4.92 Å². The smallest absolute Gasteiger partial charge is 0.284 e. The number of nitrogens with one attached hydrogen (secondary N) is 1. The number of thiophene rings is 1. The molecule has 0 aliphatic heterocycles. The molecule has 1 aromatic carbocycles. The van der Waals surface area contributed by atoms with E-state index in [1.165, 1.54) is 17.0 Å². The normalized spacial score (nSPS) is 12.0. The first-order valence-corrected chi connectivity index (χ1v) is 7.81. The lowest BCUT2D eigenvalue weighted by Gasteiger charge is -2.13. The van der Waals surface area contributed by atoms with Crippen molar-refractivity contribution in [3.63, 3.8) is 0 Å². The Balaban J connectivity index is 2.21. The van der Waals surface area contributed by atoms with Crippen molar-refractivity contribution in [1.82, 2.24) is 5.32 Å². The molecule has 0 aliphatic rings. The van der Waals surface area contributed by atoms with Crippen LogP contribution in [0.1, 0.15) is 33.1 Å². The summed E-state index contributed by atoms with van der Waals surface area (Å²) in [5.41, 5.74) is 0.131. The van der Waals surface area contributed by atoms with Gasteiger partial charge in [0.15, 0.2) is 0 Å². The summed E-state index contributed by atoms with van der Waals surface area (Å²) in [6, 6.07) is 8.21. The van der Waals surface area contributed by atoms with Gasteiger partial charge in [0, 0.05) is 15.8 Å². The molecule has 1 atom stereocenters. The fourth-order valence-electron chi connectivity index (χ4n) is 1.87. The maximum absolute atomic E-state index is 12.3. The molecule has 0 saturated heterocycles. The van der Waals surface area contributed by atoms with Crippen molar-refractivity contribution in [2.45, 2.75) is 19.9 Å². The zero-order valence-electron chi connectivity index (χ0n) is 11.4. The average Bonchev–Trinajstić information content (AvgIpc) is 2.85. The minimum Gasteiger partial charge on any atom is -0.345 e. The van der Waals surface area contributed by atoms with Gasteiger partial charge >= 0.3 is 0 Å². The van der Waals surface area contributed by atoms with E-state index in [0.717, 1.165) is 4.88 Å². The third-order valence-electron chi connectivity index (χ3n) is 2.96. The quantitative estimate of drug-likeness (QED) is 0.648. The molecule has 0 bridgehead atoms. The lowest BCUT2D eigenvalue weighted by molar-refractivity contribution is -0.385. The Morgan fingerprint density at radius 1 is 1.38 bits per heavy atom. The molecule has 0 radical (unpaired) electrons. The van der Waals surface area contributed by atoms with Crippen molar-refractivity contribution in [2.24, 2.45) is 0 Å². The molecule has 1 N–H and O–H groups in total. The van der Waals surface area contributed by atoms with Crippen molar-refractivity contribution < 1.29 is 9.72 Å². The van der Waals surface area contributed by atoms with Gasteiger partial charge in [-0.15, -0.1) is 11.3 Å². The summed E-state index contributed by atoms with van der Waals surface area (Å²) in [5, 5.41) is 13.7. The highest BCUT2D eigenvalue weighted by atomic mass is 79.9. The minimum absolute atomic E-state index is 0.123. The number of amides is 1. The van der Waals surface area contributed by atoms with Gasteiger partial charge in [0.2, 0.25) is 0 Å². The van der Waals surface area contributed by atoms with Crippen molar-refractivity contribution in [3.8, 4) is 0 Å². The van der Waals surface area contributed by atoms with Crippen LogP contribution in [-0.4, -0.2) is 10.8 Å². The number of carbonyl (C=O) groups excluding carboxylic acids is 1. The predicted octanol–water partition coefficient (Wildman–Crippen LogP) is 4.22. The van der Waals surface area contributed by atoms with E-state index in [2.05, 4.69) is 21.2 Å². The Morgan fingerprint density at radius 3 is 2.67 bits per heavy atom. The van der Waals surface area contributed by atoms with Crippen LogP contribution in [0.5, 0.6) is 0 Å². The summed E-state index contributed by atoms with van der Waals surface area (Å²) in [5.74, 6) is -0.343. The fraction of sp³-hybridized carbons (Fsp3) is 0.214. The molecular weight excluding hydrogens is 356 g/mol. The Bertz CT molecular complexity index is 699. The van der Waals surface area contributed by atoms with Crippen LogP contribution in [0.4, 0.5) is 5.69 Å². The Kier molecular flexibility index (Phi) is 4.74. The number of carbonyl (C=O) groups is 1. The number of hydrogen-bond acceptors (Lipinski definition) is 4. The SMILES string of the molecule is Cc1ccc(C(C)NC(=O)c2cccc([N+](=O)[O-])c2Br)s1. The van der Waals surface area contributed by atoms with Gasteiger partial charge in [-0.25, -0.2) is 0 Å².